The Morgan fingerprint density at radius 3 is 2.24 bits per heavy atom. The van der Waals surface area contributed by atoms with Crippen molar-refractivity contribution in [2.45, 2.75) is 6.92 Å². The van der Waals surface area contributed by atoms with Crippen molar-refractivity contribution in [2.75, 3.05) is 14.2 Å². The Hall–Kier alpha value is -1.71. The average Bonchev–Trinajstić information content (AvgIpc) is 2.49. The van der Waals surface area contributed by atoms with Crippen molar-refractivity contribution in [2.24, 2.45) is 0 Å². The van der Waals surface area contributed by atoms with E-state index < -0.39 is 0 Å². The summed E-state index contributed by atoms with van der Waals surface area (Å²) < 4.78 is 10.5. The Morgan fingerprint density at radius 1 is 1.00 bits per heavy atom. The van der Waals surface area contributed by atoms with Gasteiger partial charge in [-0.05, 0) is 36.8 Å². The molecule has 0 N–H and O–H groups in total. The van der Waals surface area contributed by atoms with Crippen LogP contribution in [-0.4, -0.2) is 20.0 Å². The first kappa shape index (κ1) is 15.7. The zero-order valence-corrected chi connectivity index (χ0v) is 13.4. The highest BCUT2D eigenvalue weighted by atomic mass is 35.5. The highest BCUT2D eigenvalue weighted by molar-refractivity contribution is 6.44. The van der Waals surface area contributed by atoms with Crippen LogP contribution in [0.3, 0.4) is 0 Å². The van der Waals surface area contributed by atoms with Gasteiger partial charge in [-0.2, -0.15) is 0 Å². The van der Waals surface area contributed by atoms with Gasteiger partial charge >= 0.3 is 0 Å². The van der Waals surface area contributed by atoms with E-state index in [0.29, 0.717) is 27.6 Å². The fourth-order valence-electron chi connectivity index (χ4n) is 2.05. The van der Waals surface area contributed by atoms with Gasteiger partial charge in [-0.15, -0.1) is 0 Å². The van der Waals surface area contributed by atoms with Crippen molar-refractivity contribution in [3.8, 4) is 11.5 Å². The molecule has 5 heteroatoms. The number of hydrogen-bond acceptors (Lipinski definition) is 3. The van der Waals surface area contributed by atoms with Crippen LogP contribution in [0, 0.1) is 6.92 Å². The second kappa shape index (κ2) is 6.37. The van der Waals surface area contributed by atoms with Crippen LogP contribution >= 0.6 is 23.2 Å². The van der Waals surface area contributed by atoms with Gasteiger partial charge < -0.3 is 9.47 Å². The van der Waals surface area contributed by atoms with Crippen LogP contribution < -0.4 is 9.47 Å². The lowest BCUT2D eigenvalue weighted by atomic mass is 9.98. The molecule has 0 aliphatic rings. The molecule has 0 fully saturated rings. The number of aryl methyl sites for hydroxylation is 1. The summed E-state index contributed by atoms with van der Waals surface area (Å²) in [6, 6.07) is 8.38. The molecule has 0 spiro atoms. The number of rotatable bonds is 4. The molecule has 0 unspecified atom stereocenters. The van der Waals surface area contributed by atoms with Gasteiger partial charge in [0.25, 0.3) is 0 Å². The van der Waals surface area contributed by atoms with Crippen LogP contribution in [0.1, 0.15) is 21.5 Å². The quantitative estimate of drug-likeness (QED) is 0.774. The van der Waals surface area contributed by atoms with Crippen LogP contribution in [0.15, 0.2) is 30.3 Å². The fourth-order valence-corrected chi connectivity index (χ4v) is 2.44. The molecule has 0 atom stereocenters. The topological polar surface area (TPSA) is 35.5 Å². The van der Waals surface area contributed by atoms with E-state index in [1.165, 1.54) is 7.11 Å². The minimum atomic E-state index is -0.207. The number of ketones is 1. The first-order valence-corrected chi connectivity index (χ1v) is 6.96. The Labute approximate surface area is 133 Å². The Balaban J connectivity index is 2.56. The highest BCUT2D eigenvalue weighted by Gasteiger charge is 2.19. The summed E-state index contributed by atoms with van der Waals surface area (Å²) in [6.07, 6.45) is 0. The molecule has 0 saturated carbocycles. The number of hydrogen-bond donors (Lipinski definition) is 0. The van der Waals surface area contributed by atoms with Gasteiger partial charge in [0.1, 0.15) is 0 Å². The summed E-state index contributed by atoms with van der Waals surface area (Å²) in [4.78, 5) is 12.7. The number of carbonyl (C=O) groups is 1. The van der Waals surface area contributed by atoms with Gasteiger partial charge in [0, 0.05) is 11.1 Å². The van der Waals surface area contributed by atoms with E-state index in [9.17, 15) is 4.79 Å². The third-order valence-corrected chi connectivity index (χ3v) is 3.99. The minimum absolute atomic E-state index is 0.207. The minimum Gasteiger partial charge on any atom is -0.493 e. The van der Waals surface area contributed by atoms with Crippen LogP contribution in [-0.2, 0) is 0 Å². The molecule has 0 aliphatic carbocycles. The molecule has 0 bridgehead atoms. The van der Waals surface area contributed by atoms with Gasteiger partial charge in [0.05, 0.1) is 24.3 Å². The molecule has 0 amide bonds. The molecule has 3 nitrogen and oxygen atoms in total. The van der Waals surface area contributed by atoms with E-state index in [1.54, 1.807) is 37.4 Å². The standard InChI is InChI=1S/C16H14Cl2O3/c1-9-7-13(20-2)14(21-3)8-11(9)16(19)10-5-4-6-12(17)15(10)18/h4-8H,1-3H3. The molecule has 0 aliphatic heterocycles. The molecule has 110 valence electrons. The number of ether oxygens (including phenoxy) is 2. The van der Waals surface area contributed by atoms with Crippen molar-refractivity contribution in [3.63, 3.8) is 0 Å². The molecule has 2 aromatic rings. The summed E-state index contributed by atoms with van der Waals surface area (Å²) in [5, 5.41) is 0.596. The maximum absolute atomic E-state index is 12.7. The van der Waals surface area contributed by atoms with Gasteiger partial charge in [0.2, 0.25) is 0 Å². The first-order valence-electron chi connectivity index (χ1n) is 6.21. The summed E-state index contributed by atoms with van der Waals surface area (Å²) in [5.41, 5.74) is 1.63. The Kier molecular flexibility index (Phi) is 4.76. The molecular formula is C16H14Cl2O3. The summed E-state index contributed by atoms with van der Waals surface area (Å²) >= 11 is 12.1. The van der Waals surface area contributed by atoms with Crippen molar-refractivity contribution < 1.29 is 14.3 Å². The second-order valence-electron chi connectivity index (χ2n) is 4.45. The van der Waals surface area contributed by atoms with E-state index in [2.05, 4.69) is 0 Å². The monoisotopic (exact) mass is 324 g/mol. The normalized spacial score (nSPS) is 10.3. The van der Waals surface area contributed by atoms with Crippen LogP contribution in [0.25, 0.3) is 0 Å². The third-order valence-electron chi connectivity index (χ3n) is 3.17. The zero-order chi connectivity index (χ0) is 15.6. The van der Waals surface area contributed by atoms with E-state index in [-0.39, 0.29) is 10.8 Å². The lowest BCUT2D eigenvalue weighted by molar-refractivity contribution is 0.103. The van der Waals surface area contributed by atoms with E-state index >= 15 is 0 Å². The van der Waals surface area contributed by atoms with Crippen molar-refractivity contribution in [1.29, 1.82) is 0 Å². The van der Waals surface area contributed by atoms with Crippen molar-refractivity contribution >= 4 is 29.0 Å². The van der Waals surface area contributed by atoms with E-state index in [0.717, 1.165) is 5.56 Å². The van der Waals surface area contributed by atoms with Crippen LogP contribution in [0.4, 0.5) is 0 Å². The zero-order valence-electron chi connectivity index (χ0n) is 11.9. The molecule has 2 rings (SSSR count). The van der Waals surface area contributed by atoms with Crippen LogP contribution in [0.2, 0.25) is 10.0 Å². The van der Waals surface area contributed by atoms with Gasteiger partial charge in [0.15, 0.2) is 17.3 Å². The fraction of sp³-hybridized carbons (Fsp3) is 0.188. The van der Waals surface area contributed by atoms with Crippen molar-refractivity contribution in [3.05, 3.63) is 57.1 Å². The number of benzene rings is 2. The largest absolute Gasteiger partial charge is 0.493 e. The summed E-state index contributed by atoms with van der Waals surface area (Å²) in [6.45, 7) is 1.83. The van der Waals surface area contributed by atoms with E-state index in [1.807, 2.05) is 6.92 Å². The Bertz CT molecular complexity index is 696. The predicted molar refractivity (Wildman–Crippen MR) is 84.2 cm³/mol. The number of halogens is 2. The second-order valence-corrected chi connectivity index (χ2v) is 5.24. The van der Waals surface area contributed by atoms with E-state index in [4.69, 9.17) is 32.7 Å². The number of methoxy groups -OCH3 is 2. The average molecular weight is 325 g/mol. The van der Waals surface area contributed by atoms with Crippen molar-refractivity contribution in [1.82, 2.24) is 0 Å². The lowest BCUT2D eigenvalue weighted by Gasteiger charge is -2.13. The molecule has 0 aromatic heterocycles. The molecular weight excluding hydrogens is 311 g/mol. The number of carbonyl (C=O) groups excluding carboxylic acids is 1. The van der Waals surface area contributed by atoms with Gasteiger partial charge in [-0.25, -0.2) is 0 Å². The predicted octanol–water partition coefficient (Wildman–Crippen LogP) is 4.55. The smallest absolute Gasteiger partial charge is 0.194 e. The summed E-state index contributed by atoms with van der Waals surface area (Å²) in [5.74, 6) is 0.856. The first-order chi connectivity index (χ1) is 9.99. The van der Waals surface area contributed by atoms with Gasteiger partial charge in [-0.1, -0.05) is 29.3 Å². The van der Waals surface area contributed by atoms with Gasteiger partial charge in [-0.3, -0.25) is 4.79 Å². The molecule has 0 radical (unpaired) electrons. The van der Waals surface area contributed by atoms with Crippen LogP contribution in [0.5, 0.6) is 11.5 Å². The molecule has 2 aromatic carbocycles. The molecule has 0 heterocycles. The molecule has 0 saturated heterocycles. The third kappa shape index (κ3) is 2.99. The maximum atomic E-state index is 12.7. The lowest BCUT2D eigenvalue weighted by Crippen LogP contribution is -2.06. The molecule has 21 heavy (non-hydrogen) atoms. The summed E-state index contributed by atoms with van der Waals surface area (Å²) in [7, 11) is 3.07. The highest BCUT2D eigenvalue weighted by Crippen LogP contribution is 2.33. The maximum Gasteiger partial charge on any atom is 0.194 e. The SMILES string of the molecule is COc1cc(C)c(C(=O)c2cccc(Cl)c2Cl)cc1OC. The Morgan fingerprint density at radius 2 is 1.62 bits per heavy atom.